The van der Waals surface area contributed by atoms with Gasteiger partial charge in [-0.15, -0.1) is 0 Å². The van der Waals surface area contributed by atoms with Crippen LogP contribution in [0.15, 0.2) is 0 Å². The smallest absolute Gasteiger partial charge is 0.407 e. The van der Waals surface area contributed by atoms with Crippen molar-refractivity contribution in [3.8, 4) is 0 Å². The summed E-state index contributed by atoms with van der Waals surface area (Å²) < 4.78 is 4.81. The maximum absolute atomic E-state index is 10.4. The van der Waals surface area contributed by atoms with Crippen LogP contribution in [0.2, 0.25) is 0 Å². The van der Waals surface area contributed by atoms with Gasteiger partial charge in [-0.2, -0.15) is 0 Å². The van der Waals surface area contributed by atoms with Crippen molar-refractivity contribution in [2.45, 2.75) is 12.8 Å². The van der Waals surface area contributed by atoms with Crippen LogP contribution in [0.1, 0.15) is 12.8 Å². The number of hydrogen-bond donors (Lipinski definition) is 1. The monoisotopic (exact) mass is 127 g/mol. The lowest BCUT2D eigenvalue weighted by atomic mass is 10.1. The Balaban J connectivity index is 1.98. The maximum Gasteiger partial charge on any atom is 0.407 e. The molecule has 3 heteroatoms. The van der Waals surface area contributed by atoms with Crippen LogP contribution in [0, 0.1) is 5.41 Å². The SMILES string of the molecule is O=C1NCC2(CC2)CO1. The first-order chi connectivity index (χ1) is 4.31. The first-order valence-electron chi connectivity index (χ1n) is 3.21. The molecule has 1 saturated carbocycles. The van der Waals surface area contributed by atoms with E-state index in [4.69, 9.17) is 4.74 Å². The fraction of sp³-hybridized carbons (Fsp3) is 0.833. The molecule has 0 atom stereocenters. The van der Waals surface area contributed by atoms with Gasteiger partial charge >= 0.3 is 6.09 Å². The van der Waals surface area contributed by atoms with Gasteiger partial charge in [0.1, 0.15) is 6.61 Å². The fourth-order valence-corrected chi connectivity index (χ4v) is 1.08. The molecule has 1 aliphatic heterocycles. The van der Waals surface area contributed by atoms with E-state index in [1.807, 2.05) is 0 Å². The molecular weight excluding hydrogens is 118 g/mol. The lowest BCUT2D eigenvalue weighted by molar-refractivity contribution is 0.0948. The summed E-state index contributed by atoms with van der Waals surface area (Å²) in [4.78, 5) is 10.4. The second-order valence-corrected chi connectivity index (χ2v) is 2.93. The molecule has 2 rings (SSSR count). The van der Waals surface area contributed by atoms with E-state index in [0.717, 1.165) is 6.54 Å². The summed E-state index contributed by atoms with van der Waals surface area (Å²) in [6, 6.07) is 0. The zero-order chi connectivity index (χ0) is 6.32. The predicted molar refractivity (Wildman–Crippen MR) is 31.0 cm³/mol. The van der Waals surface area contributed by atoms with Gasteiger partial charge in [0.05, 0.1) is 0 Å². The fourth-order valence-electron chi connectivity index (χ4n) is 1.08. The van der Waals surface area contributed by atoms with Gasteiger partial charge in [0, 0.05) is 12.0 Å². The quantitative estimate of drug-likeness (QED) is 0.514. The highest BCUT2D eigenvalue weighted by atomic mass is 16.6. The molecule has 1 amide bonds. The third kappa shape index (κ3) is 0.763. The van der Waals surface area contributed by atoms with Gasteiger partial charge in [0.2, 0.25) is 0 Å². The predicted octanol–water partition coefficient (Wildman–Crippen LogP) is 0.506. The number of carbonyl (C=O) groups is 1. The standard InChI is InChI=1S/C6H9NO2/c8-5-7-3-6(1-2-6)4-9-5/h1-4H2,(H,7,8). The average Bonchev–Trinajstić information content (AvgIpc) is 2.60. The van der Waals surface area contributed by atoms with Crippen LogP contribution in [0.25, 0.3) is 0 Å². The topological polar surface area (TPSA) is 38.3 Å². The largest absolute Gasteiger partial charge is 0.449 e. The van der Waals surface area contributed by atoms with Gasteiger partial charge in [-0.1, -0.05) is 0 Å². The molecular formula is C6H9NO2. The van der Waals surface area contributed by atoms with Gasteiger partial charge in [-0.3, -0.25) is 0 Å². The Morgan fingerprint density at radius 3 is 2.78 bits per heavy atom. The van der Waals surface area contributed by atoms with E-state index in [2.05, 4.69) is 5.32 Å². The van der Waals surface area contributed by atoms with E-state index in [1.54, 1.807) is 0 Å². The lowest BCUT2D eigenvalue weighted by Crippen LogP contribution is -2.39. The van der Waals surface area contributed by atoms with Crippen LogP contribution in [-0.4, -0.2) is 19.2 Å². The van der Waals surface area contributed by atoms with E-state index in [1.165, 1.54) is 12.8 Å². The van der Waals surface area contributed by atoms with Crippen LogP contribution >= 0.6 is 0 Å². The highest BCUT2D eigenvalue weighted by molar-refractivity contribution is 5.68. The van der Waals surface area contributed by atoms with E-state index < -0.39 is 0 Å². The minimum atomic E-state index is -0.257. The van der Waals surface area contributed by atoms with Crippen molar-refractivity contribution >= 4 is 6.09 Å². The molecule has 1 spiro atoms. The number of rotatable bonds is 0. The summed E-state index contributed by atoms with van der Waals surface area (Å²) in [6.45, 7) is 1.46. The van der Waals surface area contributed by atoms with E-state index >= 15 is 0 Å². The third-order valence-electron chi connectivity index (χ3n) is 2.07. The molecule has 1 aliphatic carbocycles. The molecule has 2 fully saturated rings. The Bertz CT molecular complexity index is 139. The molecule has 3 nitrogen and oxygen atoms in total. The van der Waals surface area contributed by atoms with Crippen LogP contribution in [0.3, 0.4) is 0 Å². The van der Waals surface area contributed by atoms with Gasteiger partial charge < -0.3 is 10.1 Å². The zero-order valence-electron chi connectivity index (χ0n) is 5.14. The normalized spacial score (nSPS) is 29.1. The minimum absolute atomic E-state index is 0.257. The zero-order valence-corrected chi connectivity index (χ0v) is 5.14. The molecule has 0 aromatic heterocycles. The first-order valence-corrected chi connectivity index (χ1v) is 3.21. The number of nitrogens with one attached hydrogen (secondary N) is 1. The Morgan fingerprint density at radius 1 is 1.56 bits per heavy atom. The minimum Gasteiger partial charge on any atom is -0.449 e. The highest BCUT2D eigenvalue weighted by Crippen LogP contribution is 2.46. The number of alkyl carbamates (subject to hydrolysis) is 1. The van der Waals surface area contributed by atoms with Gasteiger partial charge in [-0.25, -0.2) is 4.79 Å². The maximum atomic E-state index is 10.4. The number of carbonyl (C=O) groups excluding carboxylic acids is 1. The summed E-state index contributed by atoms with van der Waals surface area (Å²) in [5.74, 6) is 0. The number of amides is 1. The second kappa shape index (κ2) is 1.40. The Kier molecular flexibility index (Phi) is 0.793. The molecule has 1 heterocycles. The van der Waals surface area contributed by atoms with Crippen molar-refractivity contribution in [2.24, 2.45) is 5.41 Å². The Labute approximate surface area is 53.4 Å². The van der Waals surface area contributed by atoms with Crippen LogP contribution in [0.4, 0.5) is 4.79 Å². The van der Waals surface area contributed by atoms with Gasteiger partial charge in [0.25, 0.3) is 0 Å². The highest BCUT2D eigenvalue weighted by Gasteiger charge is 2.46. The van der Waals surface area contributed by atoms with Crippen molar-refractivity contribution in [1.29, 1.82) is 0 Å². The van der Waals surface area contributed by atoms with Gasteiger partial charge in [0.15, 0.2) is 0 Å². The molecule has 0 aromatic carbocycles. The van der Waals surface area contributed by atoms with Crippen molar-refractivity contribution in [1.82, 2.24) is 5.32 Å². The third-order valence-corrected chi connectivity index (χ3v) is 2.07. The van der Waals surface area contributed by atoms with Crippen LogP contribution < -0.4 is 5.32 Å². The lowest BCUT2D eigenvalue weighted by Gasteiger charge is -2.21. The first kappa shape index (κ1) is 5.09. The molecule has 1 N–H and O–H groups in total. The summed E-state index contributed by atoms with van der Waals surface area (Å²) in [6.07, 6.45) is 2.17. The summed E-state index contributed by atoms with van der Waals surface area (Å²) in [5, 5.41) is 2.67. The number of ether oxygens (including phenoxy) is 1. The summed E-state index contributed by atoms with van der Waals surface area (Å²) in [5.41, 5.74) is 0.355. The van der Waals surface area contributed by atoms with Crippen LogP contribution in [-0.2, 0) is 4.74 Å². The molecule has 9 heavy (non-hydrogen) atoms. The molecule has 2 aliphatic rings. The number of hydrogen-bond acceptors (Lipinski definition) is 2. The van der Waals surface area contributed by atoms with Gasteiger partial charge in [-0.05, 0) is 12.8 Å². The molecule has 1 saturated heterocycles. The second-order valence-electron chi connectivity index (χ2n) is 2.93. The molecule has 50 valence electrons. The molecule has 0 aromatic rings. The van der Waals surface area contributed by atoms with Crippen molar-refractivity contribution in [3.05, 3.63) is 0 Å². The Morgan fingerprint density at radius 2 is 2.33 bits per heavy atom. The molecule has 0 radical (unpaired) electrons. The summed E-state index contributed by atoms with van der Waals surface area (Å²) >= 11 is 0. The van der Waals surface area contributed by atoms with Crippen molar-refractivity contribution in [2.75, 3.05) is 13.2 Å². The van der Waals surface area contributed by atoms with Crippen molar-refractivity contribution in [3.63, 3.8) is 0 Å². The Hall–Kier alpha value is -0.730. The van der Waals surface area contributed by atoms with Crippen LogP contribution in [0.5, 0.6) is 0 Å². The van der Waals surface area contributed by atoms with Crippen molar-refractivity contribution < 1.29 is 9.53 Å². The molecule has 0 bridgehead atoms. The molecule has 0 unspecified atom stereocenters. The van der Waals surface area contributed by atoms with E-state index in [0.29, 0.717) is 12.0 Å². The van der Waals surface area contributed by atoms with E-state index in [-0.39, 0.29) is 6.09 Å². The average molecular weight is 127 g/mol. The van der Waals surface area contributed by atoms with E-state index in [9.17, 15) is 4.79 Å². The number of cyclic esters (lactones) is 1. The summed E-state index contributed by atoms with van der Waals surface area (Å²) in [7, 11) is 0.